The highest BCUT2D eigenvalue weighted by atomic mass is 16.5. The average molecular weight is 284 g/mol. The summed E-state index contributed by atoms with van der Waals surface area (Å²) in [5.41, 5.74) is 0. The third kappa shape index (κ3) is 7.05. The minimum atomic E-state index is 0.734. The molecule has 0 aliphatic heterocycles. The second kappa shape index (κ2) is 10.6. The van der Waals surface area contributed by atoms with Gasteiger partial charge in [-0.3, -0.25) is 0 Å². The normalized spacial score (nSPS) is 23.7. The van der Waals surface area contributed by atoms with Gasteiger partial charge in [-0.1, -0.05) is 33.6 Å². The quantitative estimate of drug-likeness (QED) is 0.667. The molecule has 0 heterocycles. The van der Waals surface area contributed by atoms with Crippen molar-refractivity contribution in [3.8, 4) is 0 Å². The molecule has 1 saturated carbocycles. The monoisotopic (exact) mass is 284 g/mol. The summed E-state index contributed by atoms with van der Waals surface area (Å²) in [7, 11) is 1.81. The van der Waals surface area contributed by atoms with Crippen LogP contribution in [0.25, 0.3) is 0 Å². The SMILES string of the molecule is CCCNC1CCCCC1CN(CCOC)CC(C)C. The predicted octanol–water partition coefficient (Wildman–Crippen LogP) is 3.15. The van der Waals surface area contributed by atoms with E-state index in [9.17, 15) is 0 Å². The second-order valence-electron chi connectivity index (χ2n) is 6.75. The Kier molecular flexibility index (Phi) is 9.49. The number of rotatable bonds is 10. The fourth-order valence-electron chi connectivity index (χ4n) is 3.35. The maximum Gasteiger partial charge on any atom is 0.0589 e. The summed E-state index contributed by atoms with van der Waals surface area (Å²) in [6.07, 6.45) is 6.81. The van der Waals surface area contributed by atoms with Gasteiger partial charge in [0.25, 0.3) is 0 Å². The van der Waals surface area contributed by atoms with Gasteiger partial charge in [-0.2, -0.15) is 0 Å². The van der Waals surface area contributed by atoms with Crippen molar-refractivity contribution < 1.29 is 4.74 Å². The first-order valence-corrected chi connectivity index (χ1v) is 8.62. The maximum absolute atomic E-state index is 5.28. The first-order chi connectivity index (χ1) is 9.67. The Labute approximate surface area is 126 Å². The van der Waals surface area contributed by atoms with Crippen molar-refractivity contribution in [3.63, 3.8) is 0 Å². The van der Waals surface area contributed by atoms with Gasteiger partial charge in [0.2, 0.25) is 0 Å². The van der Waals surface area contributed by atoms with Gasteiger partial charge in [0, 0.05) is 32.8 Å². The lowest BCUT2D eigenvalue weighted by Gasteiger charge is -2.36. The number of methoxy groups -OCH3 is 1. The zero-order chi connectivity index (χ0) is 14.8. The minimum Gasteiger partial charge on any atom is -0.383 e. The van der Waals surface area contributed by atoms with Crippen molar-refractivity contribution in [2.75, 3.05) is 39.9 Å². The molecule has 1 fully saturated rings. The third-order valence-electron chi connectivity index (χ3n) is 4.29. The summed E-state index contributed by atoms with van der Waals surface area (Å²) in [5.74, 6) is 1.56. The van der Waals surface area contributed by atoms with Crippen LogP contribution < -0.4 is 5.32 Å². The molecule has 0 bridgehead atoms. The van der Waals surface area contributed by atoms with Gasteiger partial charge < -0.3 is 15.0 Å². The second-order valence-corrected chi connectivity index (χ2v) is 6.75. The van der Waals surface area contributed by atoms with Gasteiger partial charge in [0.05, 0.1) is 6.61 Å². The molecule has 0 radical (unpaired) electrons. The van der Waals surface area contributed by atoms with Crippen LogP contribution in [0.15, 0.2) is 0 Å². The number of nitrogens with one attached hydrogen (secondary N) is 1. The molecule has 0 aromatic rings. The summed E-state index contributed by atoms with van der Waals surface area (Å²) in [6.45, 7) is 12.4. The van der Waals surface area contributed by atoms with Crippen LogP contribution in [0, 0.1) is 11.8 Å². The van der Waals surface area contributed by atoms with E-state index in [0.717, 1.165) is 31.0 Å². The van der Waals surface area contributed by atoms with Crippen molar-refractivity contribution in [1.82, 2.24) is 10.2 Å². The molecule has 20 heavy (non-hydrogen) atoms. The van der Waals surface area contributed by atoms with E-state index in [2.05, 4.69) is 31.0 Å². The molecular formula is C17H36N2O. The minimum absolute atomic E-state index is 0.734. The molecule has 0 aromatic heterocycles. The first kappa shape index (κ1) is 17.9. The van der Waals surface area contributed by atoms with E-state index < -0.39 is 0 Å². The smallest absolute Gasteiger partial charge is 0.0589 e. The molecule has 0 saturated heterocycles. The summed E-state index contributed by atoms with van der Waals surface area (Å²) in [4.78, 5) is 2.62. The Morgan fingerprint density at radius 3 is 2.65 bits per heavy atom. The Morgan fingerprint density at radius 1 is 1.25 bits per heavy atom. The Hall–Kier alpha value is -0.120. The van der Waals surface area contributed by atoms with Crippen molar-refractivity contribution >= 4 is 0 Å². The summed E-state index contributed by atoms with van der Waals surface area (Å²) < 4.78 is 5.28. The van der Waals surface area contributed by atoms with Gasteiger partial charge in [-0.15, -0.1) is 0 Å². The van der Waals surface area contributed by atoms with Crippen molar-refractivity contribution in [2.45, 2.75) is 58.9 Å². The zero-order valence-corrected chi connectivity index (χ0v) is 14.2. The van der Waals surface area contributed by atoms with E-state index in [1.165, 1.54) is 51.7 Å². The van der Waals surface area contributed by atoms with Crippen LogP contribution in [0.3, 0.4) is 0 Å². The molecule has 2 unspecified atom stereocenters. The maximum atomic E-state index is 5.28. The van der Waals surface area contributed by atoms with Crippen molar-refractivity contribution in [3.05, 3.63) is 0 Å². The van der Waals surface area contributed by atoms with Crippen molar-refractivity contribution in [2.24, 2.45) is 11.8 Å². The number of hydrogen-bond donors (Lipinski definition) is 1. The Bertz CT molecular complexity index is 233. The predicted molar refractivity (Wildman–Crippen MR) is 87.2 cm³/mol. The fourth-order valence-corrected chi connectivity index (χ4v) is 3.35. The van der Waals surface area contributed by atoms with Crippen molar-refractivity contribution in [1.29, 1.82) is 0 Å². The molecule has 0 amide bonds. The molecule has 1 N–H and O–H groups in total. The molecular weight excluding hydrogens is 248 g/mol. The lowest BCUT2D eigenvalue weighted by molar-refractivity contribution is 0.110. The summed E-state index contributed by atoms with van der Waals surface area (Å²) >= 11 is 0. The number of ether oxygens (including phenoxy) is 1. The van der Waals surface area contributed by atoms with E-state index in [0.29, 0.717) is 0 Å². The van der Waals surface area contributed by atoms with E-state index in [1.807, 2.05) is 0 Å². The van der Waals surface area contributed by atoms with Gasteiger partial charge >= 0.3 is 0 Å². The first-order valence-electron chi connectivity index (χ1n) is 8.62. The zero-order valence-electron chi connectivity index (χ0n) is 14.2. The molecule has 3 nitrogen and oxygen atoms in total. The standard InChI is InChI=1S/C17H36N2O/c1-5-10-18-17-9-7-6-8-16(17)14-19(11-12-20-4)13-15(2)3/h15-18H,5-14H2,1-4H3. The van der Waals surface area contributed by atoms with Gasteiger partial charge in [0.1, 0.15) is 0 Å². The lowest BCUT2D eigenvalue weighted by atomic mass is 9.84. The van der Waals surface area contributed by atoms with E-state index in [4.69, 9.17) is 4.74 Å². The van der Waals surface area contributed by atoms with Gasteiger partial charge in [0.15, 0.2) is 0 Å². The molecule has 0 spiro atoms. The van der Waals surface area contributed by atoms with Crippen LogP contribution in [0.1, 0.15) is 52.9 Å². The fraction of sp³-hybridized carbons (Fsp3) is 1.00. The van der Waals surface area contributed by atoms with Gasteiger partial charge in [-0.25, -0.2) is 0 Å². The average Bonchev–Trinajstić information content (AvgIpc) is 2.43. The topological polar surface area (TPSA) is 24.5 Å². The molecule has 3 heteroatoms. The lowest BCUT2D eigenvalue weighted by Crippen LogP contribution is -2.45. The molecule has 1 aliphatic carbocycles. The van der Waals surface area contributed by atoms with Crippen LogP contribution in [0.2, 0.25) is 0 Å². The highest BCUT2D eigenvalue weighted by molar-refractivity contribution is 4.83. The van der Waals surface area contributed by atoms with E-state index in [-0.39, 0.29) is 0 Å². The molecule has 1 aliphatic rings. The summed E-state index contributed by atoms with van der Waals surface area (Å²) in [5, 5.41) is 3.78. The highest BCUT2D eigenvalue weighted by Crippen LogP contribution is 2.25. The largest absolute Gasteiger partial charge is 0.383 e. The van der Waals surface area contributed by atoms with Crippen LogP contribution in [-0.4, -0.2) is 50.8 Å². The Morgan fingerprint density at radius 2 is 2.00 bits per heavy atom. The molecule has 2 atom stereocenters. The van der Waals surface area contributed by atoms with Gasteiger partial charge in [-0.05, 0) is 37.6 Å². The molecule has 120 valence electrons. The van der Waals surface area contributed by atoms with Crippen LogP contribution >= 0.6 is 0 Å². The number of hydrogen-bond acceptors (Lipinski definition) is 3. The van der Waals surface area contributed by atoms with E-state index in [1.54, 1.807) is 7.11 Å². The Balaban J connectivity index is 2.48. The van der Waals surface area contributed by atoms with Crippen LogP contribution in [0.5, 0.6) is 0 Å². The number of nitrogens with zero attached hydrogens (tertiary/aromatic N) is 1. The van der Waals surface area contributed by atoms with Crippen LogP contribution in [0.4, 0.5) is 0 Å². The summed E-state index contributed by atoms with van der Waals surface area (Å²) in [6, 6.07) is 0.737. The molecule has 0 aromatic carbocycles. The highest BCUT2D eigenvalue weighted by Gasteiger charge is 2.26. The molecule has 1 rings (SSSR count). The third-order valence-corrected chi connectivity index (χ3v) is 4.29. The van der Waals surface area contributed by atoms with Crippen LogP contribution in [-0.2, 0) is 4.74 Å². The van der Waals surface area contributed by atoms with E-state index >= 15 is 0 Å².